The first-order chi connectivity index (χ1) is 13.8. The summed E-state index contributed by atoms with van der Waals surface area (Å²) >= 11 is 6.68. The number of rotatable bonds is 5. The number of pyridine rings is 2. The van der Waals surface area contributed by atoms with Crippen LogP contribution in [0.2, 0.25) is 0 Å². The standard InChI is InChI=1S/C10H12BrN3O3.C9H8BrNO.2CH4/c1-13(2)5-4-7-8(11)6-12-10(17-3)9(7)14(15)16;1-12-9-7-4-2-3-6(7)8(10)5-11-9;;/h4-6H,1-3H3;2-3,5H,4H2,1H3;2*1H4/b5-4+;;;. The Morgan fingerprint density at radius 3 is 2.23 bits per heavy atom. The molecule has 2 heterocycles. The molecule has 0 saturated carbocycles. The summed E-state index contributed by atoms with van der Waals surface area (Å²) in [5, 5.41) is 11.0. The number of fused-ring (bicyclic) bond motifs is 1. The molecule has 8 nitrogen and oxygen atoms in total. The molecule has 0 bridgehead atoms. The molecule has 0 radical (unpaired) electrons. The molecule has 170 valence electrons. The molecule has 0 fully saturated rings. The zero-order chi connectivity index (χ0) is 21.6. The maximum absolute atomic E-state index is 11.0. The van der Waals surface area contributed by atoms with Gasteiger partial charge in [0.2, 0.25) is 5.88 Å². The van der Waals surface area contributed by atoms with Gasteiger partial charge in [0.15, 0.2) is 0 Å². The van der Waals surface area contributed by atoms with Crippen molar-refractivity contribution in [2.45, 2.75) is 21.3 Å². The van der Waals surface area contributed by atoms with Crippen LogP contribution in [0.3, 0.4) is 0 Å². The molecule has 0 unspecified atom stereocenters. The normalized spacial score (nSPS) is 10.9. The SMILES string of the molecule is C.C.COc1ncc(Br)c(/C=C/N(C)C)c1[N+](=O)[O-].COc1ncc(Br)c2c1CC=C2. The van der Waals surface area contributed by atoms with Gasteiger partial charge in [-0.15, -0.1) is 0 Å². The van der Waals surface area contributed by atoms with Gasteiger partial charge in [0.05, 0.1) is 29.2 Å². The maximum atomic E-state index is 11.0. The molecule has 0 N–H and O–H groups in total. The summed E-state index contributed by atoms with van der Waals surface area (Å²) in [6.45, 7) is 0. The fourth-order valence-corrected chi connectivity index (χ4v) is 3.45. The Morgan fingerprint density at radius 1 is 1.10 bits per heavy atom. The van der Waals surface area contributed by atoms with E-state index in [0.717, 1.165) is 16.8 Å². The second kappa shape index (κ2) is 13.1. The Labute approximate surface area is 200 Å². The average Bonchev–Trinajstić information content (AvgIpc) is 3.18. The first-order valence-corrected chi connectivity index (χ1v) is 9.98. The van der Waals surface area contributed by atoms with Crippen LogP contribution in [0, 0.1) is 10.1 Å². The molecule has 0 aliphatic heterocycles. The highest BCUT2D eigenvalue weighted by Gasteiger charge is 2.23. The van der Waals surface area contributed by atoms with Crippen LogP contribution in [-0.2, 0) is 6.42 Å². The summed E-state index contributed by atoms with van der Waals surface area (Å²) in [6.07, 6.45) is 11.7. The minimum absolute atomic E-state index is 0. The van der Waals surface area contributed by atoms with Crippen LogP contribution in [0.5, 0.6) is 11.8 Å². The Kier molecular flexibility index (Phi) is 12.0. The van der Waals surface area contributed by atoms with Gasteiger partial charge in [-0.1, -0.05) is 27.0 Å². The average molecular weight is 560 g/mol. The molecular weight excluding hydrogens is 532 g/mol. The van der Waals surface area contributed by atoms with Crippen molar-refractivity contribution in [1.82, 2.24) is 14.9 Å². The highest BCUT2D eigenvalue weighted by molar-refractivity contribution is 9.10. The van der Waals surface area contributed by atoms with E-state index < -0.39 is 4.92 Å². The fourth-order valence-electron chi connectivity index (χ4n) is 2.55. The number of halogens is 2. The molecule has 0 saturated heterocycles. The van der Waals surface area contributed by atoms with Crippen molar-refractivity contribution < 1.29 is 14.4 Å². The quantitative estimate of drug-likeness (QED) is 0.328. The van der Waals surface area contributed by atoms with Crippen LogP contribution in [0.15, 0.2) is 33.6 Å². The number of hydrogen-bond acceptors (Lipinski definition) is 7. The molecule has 1 aliphatic carbocycles. The molecule has 1 aliphatic rings. The minimum Gasteiger partial charge on any atom is -0.481 e. The van der Waals surface area contributed by atoms with E-state index in [-0.39, 0.29) is 26.4 Å². The van der Waals surface area contributed by atoms with Crippen molar-refractivity contribution in [3.63, 3.8) is 0 Å². The fraction of sp³-hybridized carbons (Fsp3) is 0.333. The van der Waals surface area contributed by atoms with Crippen molar-refractivity contribution in [3.05, 3.63) is 60.4 Å². The largest absolute Gasteiger partial charge is 0.481 e. The summed E-state index contributed by atoms with van der Waals surface area (Å²) in [5.41, 5.74) is 2.64. The number of ether oxygens (including phenoxy) is 2. The van der Waals surface area contributed by atoms with E-state index in [1.54, 1.807) is 30.5 Å². The third-order valence-corrected chi connectivity index (χ3v) is 5.12. The van der Waals surface area contributed by atoms with Crippen molar-refractivity contribution >= 4 is 49.7 Å². The van der Waals surface area contributed by atoms with Gasteiger partial charge < -0.3 is 14.4 Å². The molecule has 31 heavy (non-hydrogen) atoms. The smallest absolute Gasteiger partial charge is 0.339 e. The highest BCUT2D eigenvalue weighted by Crippen LogP contribution is 2.34. The van der Waals surface area contributed by atoms with Crippen molar-refractivity contribution in [1.29, 1.82) is 0 Å². The topological polar surface area (TPSA) is 90.6 Å². The van der Waals surface area contributed by atoms with Gasteiger partial charge in [0.25, 0.3) is 5.88 Å². The van der Waals surface area contributed by atoms with Crippen LogP contribution in [0.4, 0.5) is 5.69 Å². The Balaban J connectivity index is 0.000000570. The molecule has 3 rings (SSSR count). The van der Waals surface area contributed by atoms with Crippen LogP contribution >= 0.6 is 31.9 Å². The number of methoxy groups -OCH3 is 2. The zero-order valence-electron chi connectivity index (χ0n) is 16.3. The summed E-state index contributed by atoms with van der Waals surface area (Å²) < 4.78 is 11.6. The Bertz CT molecular complexity index is 963. The van der Waals surface area contributed by atoms with Gasteiger partial charge in [-0.05, 0) is 56.1 Å². The van der Waals surface area contributed by atoms with E-state index in [1.807, 2.05) is 14.1 Å². The van der Waals surface area contributed by atoms with Crippen LogP contribution < -0.4 is 9.47 Å². The summed E-state index contributed by atoms with van der Waals surface area (Å²) in [5.74, 6) is 0.731. The zero-order valence-corrected chi connectivity index (χ0v) is 19.5. The van der Waals surface area contributed by atoms with E-state index in [0.29, 0.717) is 10.0 Å². The van der Waals surface area contributed by atoms with Crippen molar-refractivity contribution in [2.24, 2.45) is 0 Å². The van der Waals surface area contributed by atoms with Gasteiger partial charge in [-0.2, -0.15) is 0 Å². The number of allylic oxidation sites excluding steroid dienone is 1. The van der Waals surface area contributed by atoms with E-state index in [4.69, 9.17) is 9.47 Å². The highest BCUT2D eigenvalue weighted by atomic mass is 79.9. The molecular formula is C21H28Br2N4O4. The minimum atomic E-state index is -0.508. The van der Waals surface area contributed by atoms with Crippen LogP contribution in [0.25, 0.3) is 12.2 Å². The third kappa shape index (κ3) is 7.03. The first kappa shape index (κ1) is 28.5. The monoisotopic (exact) mass is 558 g/mol. The van der Waals surface area contributed by atoms with Gasteiger partial charge in [-0.3, -0.25) is 10.1 Å². The van der Waals surface area contributed by atoms with E-state index >= 15 is 0 Å². The molecule has 0 atom stereocenters. The number of hydrogen-bond donors (Lipinski definition) is 0. The lowest BCUT2D eigenvalue weighted by atomic mass is 10.2. The number of nitro groups is 1. The second-order valence-corrected chi connectivity index (χ2v) is 7.74. The maximum Gasteiger partial charge on any atom is 0.339 e. The second-order valence-electron chi connectivity index (χ2n) is 6.03. The van der Waals surface area contributed by atoms with Crippen molar-refractivity contribution in [3.8, 4) is 11.8 Å². The number of aromatic nitrogens is 2. The van der Waals surface area contributed by atoms with Crippen LogP contribution in [0.1, 0.15) is 31.5 Å². The van der Waals surface area contributed by atoms with E-state index in [1.165, 1.54) is 24.4 Å². The summed E-state index contributed by atoms with van der Waals surface area (Å²) in [7, 11) is 6.65. The lowest BCUT2D eigenvalue weighted by Crippen LogP contribution is -2.02. The molecule has 2 aromatic heterocycles. The molecule has 0 amide bonds. The predicted molar refractivity (Wildman–Crippen MR) is 133 cm³/mol. The predicted octanol–water partition coefficient (Wildman–Crippen LogP) is 5.99. The van der Waals surface area contributed by atoms with Crippen LogP contribution in [-0.4, -0.2) is 48.1 Å². The summed E-state index contributed by atoms with van der Waals surface area (Å²) in [6, 6.07) is 0. The summed E-state index contributed by atoms with van der Waals surface area (Å²) in [4.78, 5) is 20.3. The lowest BCUT2D eigenvalue weighted by Gasteiger charge is -2.07. The molecule has 0 spiro atoms. The number of nitrogens with zero attached hydrogens (tertiary/aromatic N) is 4. The molecule has 0 aromatic carbocycles. The lowest BCUT2D eigenvalue weighted by molar-refractivity contribution is -0.386. The third-order valence-electron chi connectivity index (χ3n) is 3.86. The van der Waals surface area contributed by atoms with E-state index in [2.05, 4.69) is 54.0 Å². The molecule has 10 heteroatoms. The van der Waals surface area contributed by atoms with Gasteiger partial charge in [0.1, 0.15) is 0 Å². The Hall–Kier alpha value is -2.46. The van der Waals surface area contributed by atoms with E-state index in [9.17, 15) is 10.1 Å². The van der Waals surface area contributed by atoms with Crippen molar-refractivity contribution in [2.75, 3.05) is 28.3 Å². The first-order valence-electron chi connectivity index (χ1n) is 8.39. The Morgan fingerprint density at radius 2 is 1.68 bits per heavy atom. The van der Waals surface area contributed by atoms with Gasteiger partial charge in [0, 0.05) is 36.5 Å². The van der Waals surface area contributed by atoms with Gasteiger partial charge >= 0.3 is 5.69 Å². The molecule has 2 aromatic rings. The van der Waals surface area contributed by atoms with Gasteiger partial charge in [-0.25, -0.2) is 9.97 Å².